The van der Waals surface area contributed by atoms with E-state index in [-0.39, 0.29) is 5.75 Å². The van der Waals surface area contributed by atoms with Gasteiger partial charge in [-0.25, -0.2) is 8.42 Å². The SMILES string of the molecule is N#CC1(NS(=O)(=O)CCc2ccccc2)CCCC1. The smallest absolute Gasteiger partial charge is 0.212 e. The lowest BCUT2D eigenvalue weighted by atomic mass is 10.0. The van der Waals surface area contributed by atoms with Crippen LogP contribution < -0.4 is 4.72 Å². The van der Waals surface area contributed by atoms with Gasteiger partial charge in [0, 0.05) is 0 Å². The first-order valence-corrected chi connectivity index (χ1v) is 8.17. The van der Waals surface area contributed by atoms with Crippen molar-refractivity contribution < 1.29 is 8.42 Å². The zero-order chi connectivity index (χ0) is 13.8. The van der Waals surface area contributed by atoms with Crippen molar-refractivity contribution in [2.24, 2.45) is 0 Å². The lowest BCUT2D eigenvalue weighted by molar-refractivity contribution is 0.485. The molecular formula is C14H18N2O2S. The summed E-state index contributed by atoms with van der Waals surface area (Å²) in [4.78, 5) is 0. The topological polar surface area (TPSA) is 70.0 Å². The molecule has 0 aromatic heterocycles. The van der Waals surface area contributed by atoms with Gasteiger partial charge in [0.25, 0.3) is 0 Å². The number of aryl methyl sites for hydroxylation is 1. The third-order valence-electron chi connectivity index (χ3n) is 3.52. The van der Waals surface area contributed by atoms with Gasteiger partial charge in [-0.2, -0.15) is 9.98 Å². The van der Waals surface area contributed by atoms with E-state index >= 15 is 0 Å². The molecule has 1 saturated carbocycles. The number of rotatable bonds is 5. The van der Waals surface area contributed by atoms with Crippen molar-refractivity contribution in [1.82, 2.24) is 4.72 Å². The van der Waals surface area contributed by atoms with Crippen LogP contribution in [0.3, 0.4) is 0 Å². The van der Waals surface area contributed by atoms with E-state index in [1.807, 2.05) is 30.3 Å². The average Bonchev–Trinajstić information content (AvgIpc) is 2.86. The molecule has 0 saturated heterocycles. The van der Waals surface area contributed by atoms with Crippen molar-refractivity contribution in [2.45, 2.75) is 37.6 Å². The summed E-state index contributed by atoms with van der Waals surface area (Å²) in [5, 5.41) is 9.19. The number of hydrogen-bond donors (Lipinski definition) is 1. The molecule has 0 bridgehead atoms. The van der Waals surface area contributed by atoms with Crippen molar-refractivity contribution >= 4 is 10.0 Å². The van der Waals surface area contributed by atoms with E-state index in [4.69, 9.17) is 0 Å². The molecule has 1 fully saturated rings. The second-order valence-corrected chi connectivity index (χ2v) is 6.90. The molecule has 0 amide bonds. The van der Waals surface area contributed by atoms with Crippen molar-refractivity contribution in [3.05, 3.63) is 35.9 Å². The molecule has 1 aliphatic rings. The highest BCUT2D eigenvalue weighted by Gasteiger charge is 2.37. The van der Waals surface area contributed by atoms with E-state index in [2.05, 4.69) is 10.8 Å². The quantitative estimate of drug-likeness (QED) is 0.895. The lowest BCUT2D eigenvalue weighted by Gasteiger charge is -2.21. The Kier molecular flexibility index (Phi) is 4.23. The molecule has 5 heteroatoms. The van der Waals surface area contributed by atoms with E-state index < -0.39 is 15.6 Å². The standard InChI is InChI=1S/C14H18N2O2S/c15-12-14(9-4-5-10-14)16-19(17,18)11-8-13-6-2-1-3-7-13/h1-3,6-7,16H,4-5,8-11H2. The fourth-order valence-electron chi connectivity index (χ4n) is 2.46. The van der Waals surface area contributed by atoms with E-state index in [1.54, 1.807) is 0 Å². The van der Waals surface area contributed by atoms with Crippen LogP contribution in [0.15, 0.2) is 30.3 Å². The van der Waals surface area contributed by atoms with Crippen LogP contribution in [0, 0.1) is 11.3 Å². The van der Waals surface area contributed by atoms with Crippen LogP contribution in [-0.2, 0) is 16.4 Å². The highest BCUT2D eigenvalue weighted by Crippen LogP contribution is 2.29. The maximum atomic E-state index is 12.1. The Labute approximate surface area is 114 Å². The van der Waals surface area contributed by atoms with Gasteiger partial charge < -0.3 is 0 Å². The van der Waals surface area contributed by atoms with Crippen molar-refractivity contribution in [1.29, 1.82) is 5.26 Å². The third-order valence-corrected chi connectivity index (χ3v) is 4.97. The second kappa shape index (κ2) is 5.72. The first-order valence-electron chi connectivity index (χ1n) is 6.52. The summed E-state index contributed by atoms with van der Waals surface area (Å²) in [7, 11) is -3.41. The summed E-state index contributed by atoms with van der Waals surface area (Å²) in [6, 6.07) is 11.6. The Morgan fingerprint density at radius 2 is 1.84 bits per heavy atom. The zero-order valence-electron chi connectivity index (χ0n) is 10.8. The van der Waals surface area contributed by atoms with Gasteiger partial charge in [-0.3, -0.25) is 0 Å². The van der Waals surface area contributed by atoms with Gasteiger partial charge in [0.1, 0.15) is 5.54 Å². The molecule has 1 aromatic carbocycles. The first-order chi connectivity index (χ1) is 9.05. The zero-order valence-corrected chi connectivity index (χ0v) is 11.6. The van der Waals surface area contributed by atoms with Crippen LogP contribution in [0.5, 0.6) is 0 Å². The number of nitrogens with zero attached hydrogens (tertiary/aromatic N) is 1. The number of sulfonamides is 1. The molecule has 4 nitrogen and oxygen atoms in total. The average molecular weight is 278 g/mol. The monoisotopic (exact) mass is 278 g/mol. The van der Waals surface area contributed by atoms with Gasteiger partial charge in [-0.05, 0) is 24.8 Å². The van der Waals surface area contributed by atoms with Gasteiger partial charge in [-0.15, -0.1) is 0 Å². The van der Waals surface area contributed by atoms with E-state index in [0.717, 1.165) is 18.4 Å². The maximum absolute atomic E-state index is 12.1. The predicted molar refractivity (Wildman–Crippen MR) is 73.9 cm³/mol. The van der Waals surface area contributed by atoms with Crippen LogP contribution in [0.4, 0.5) is 0 Å². The van der Waals surface area contributed by atoms with Crippen molar-refractivity contribution in [3.63, 3.8) is 0 Å². The Balaban J connectivity index is 1.98. The third kappa shape index (κ3) is 3.79. The molecule has 0 spiro atoms. The summed E-state index contributed by atoms with van der Waals surface area (Å²) < 4.78 is 26.7. The highest BCUT2D eigenvalue weighted by molar-refractivity contribution is 7.89. The Bertz CT molecular complexity index is 555. The van der Waals surface area contributed by atoms with E-state index in [0.29, 0.717) is 19.3 Å². The first kappa shape index (κ1) is 14.0. The minimum Gasteiger partial charge on any atom is -0.212 e. The normalized spacial score (nSPS) is 18.1. The molecule has 1 aliphatic carbocycles. The van der Waals surface area contributed by atoms with Gasteiger partial charge in [0.2, 0.25) is 10.0 Å². The molecular weight excluding hydrogens is 260 g/mol. The van der Waals surface area contributed by atoms with Gasteiger partial charge in [-0.1, -0.05) is 43.2 Å². The molecule has 19 heavy (non-hydrogen) atoms. The highest BCUT2D eigenvalue weighted by atomic mass is 32.2. The number of benzene rings is 1. The number of nitrogens with one attached hydrogen (secondary N) is 1. The lowest BCUT2D eigenvalue weighted by Crippen LogP contribution is -2.46. The van der Waals surface area contributed by atoms with Gasteiger partial charge in [0.15, 0.2) is 0 Å². The van der Waals surface area contributed by atoms with Crippen LogP contribution in [-0.4, -0.2) is 19.7 Å². The Hall–Kier alpha value is -1.38. The molecule has 0 unspecified atom stereocenters. The van der Waals surface area contributed by atoms with E-state index in [1.165, 1.54) is 0 Å². The number of hydrogen-bond acceptors (Lipinski definition) is 3. The van der Waals surface area contributed by atoms with Crippen molar-refractivity contribution in [2.75, 3.05) is 5.75 Å². The van der Waals surface area contributed by atoms with Crippen LogP contribution in [0.1, 0.15) is 31.2 Å². The molecule has 102 valence electrons. The number of nitriles is 1. The summed E-state index contributed by atoms with van der Waals surface area (Å²) >= 11 is 0. The Morgan fingerprint density at radius 1 is 1.21 bits per heavy atom. The molecule has 0 heterocycles. The summed E-state index contributed by atoms with van der Waals surface area (Å²) in [6.07, 6.45) is 3.53. The maximum Gasteiger partial charge on any atom is 0.213 e. The van der Waals surface area contributed by atoms with Crippen LogP contribution in [0.2, 0.25) is 0 Å². The second-order valence-electron chi connectivity index (χ2n) is 5.06. The summed E-state index contributed by atoms with van der Waals surface area (Å²) in [5.74, 6) is 0.0282. The molecule has 0 aliphatic heterocycles. The van der Waals surface area contributed by atoms with E-state index in [9.17, 15) is 13.7 Å². The van der Waals surface area contributed by atoms with Gasteiger partial charge >= 0.3 is 0 Å². The molecule has 0 radical (unpaired) electrons. The molecule has 2 rings (SSSR count). The minimum absolute atomic E-state index is 0.0282. The van der Waals surface area contributed by atoms with Crippen LogP contribution in [0.25, 0.3) is 0 Å². The molecule has 0 atom stereocenters. The largest absolute Gasteiger partial charge is 0.213 e. The predicted octanol–water partition coefficient (Wildman–Crippen LogP) is 1.98. The molecule has 1 N–H and O–H groups in total. The van der Waals surface area contributed by atoms with Gasteiger partial charge in [0.05, 0.1) is 11.8 Å². The minimum atomic E-state index is -3.41. The Morgan fingerprint density at radius 3 is 2.42 bits per heavy atom. The fraction of sp³-hybridized carbons (Fsp3) is 0.500. The fourth-order valence-corrected chi connectivity index (χ4v) is 3.91. The van der Waals surface area contributed by atoms with Crippen LogP contribution >= 0.6 is 0 Å². The van der Waals surface area contributed by atoms with Crippen molar-refractivity contribution in [3.8, 4) is 6.07 Å². The summed E-state index contributed by atoms with van der Waals surface area (Å²) in [6.45, 7) is 0. The molecule has 1 aromatic rings. The summed E-state index contributed by atoms with van der Waals surface area (Å²) in [5.41, 5.74) is 0.125.